The number of nitrogens with one attached hydrogen (secondary N) is 1. The molecule has 0 aliphatic rings. The van der Waals surface area contributed by atoms with Gasteiger partial charge in [0.25, 0.3) is 5.56 Å². The van der Waals surface area contributed by atoms with Crippen LogP contribution in [0.2, 0.25) is 0 Å². The third kappa shape index (κ3) is 3.23. The van der Waals surface area contributed by atoms with Gasteiger partial charge < -0.3 is 5.32 Å². The topological polar surface area (TPSA) is 46.9 Å². The highest BCUT2D eigenvalue weighted by Crippen LogP contribution is 2.12. The van der Waals surface area contributed by atoms with Crippen molar-refractivity contribution in [2.75, 3.05) is 11.9 Å². The molecule has 1 aromatic heterocycles. The SMILES string of the molecule is Cc1ccccc1NCCn1cnc(C)c(Br)c1=O. The zero-order valence-electron chi connectivity index (χ0n) is 11.0. The Morgan fingerprint density at radius 1 is 1.32 bits per heavy atom. The first-order valence-corrected chi connectivity index (χ1v) is 6.90. The van der Waals surface area contributed by atoms with Gasteiger partial charge in [0, 0.05) is 18.8 Å². The minimum Gasteiger partial charge on any atom is -0.383 e. The van der Waals surface area contributed by atoms with E-state index in [1.165, 1.54) is 5.56 Å². The molecule has 0 amide bonds. The van der Waals surface area contributed by atoms with Crippen molar-refractivity contribution < 1.29 is 0 Å². The van der Waals surface area contributed by atoms with Crippen LogP contribution in [0.25, 0.3) is 0 Å². The fourth-order valence-corrected chi connectivity index (χ4v) is 2.12. The van der Waals surface area contributed by atoms with E-state index in [-0.39, 0.29) is 5.56 Å². The van der Waals surface area contributed by atoms with Crippen molar-refractivity contribution in [1.82, 2.24) is 9.55 Å². The van der Waals surface area contributed by atoms with E-state index in [1.54, 1.807) is 17.8 Å². The third-order valence-corrected chi connectivity index (χ3v) is 3.88. The van der Waals surface area contributed by atoms with E-state index in [0.29, 0.717) is 23.3 Å². The second-order valence-electron chi connectivity index (χ2n) is 4.38. The molecule has 0 radical (unpaired) electrons. The van der Waals surface area contributed by atoms with E-state index in [1.807, 2.05) is 18.2 Å². The van der Waals surface area contributed by atoms with Crippen LogP contribution in [0.15, 0.2) is 39.9 Å². The molecule has 0 aliphatic carbocycles. The number of anilines is 1. The molecule has 4 nitrogen and oxygen atoms in total. The molecule has 0 spiro atoms. The molecule has 1 aromatic carbocycles. The quantitative estimate of drug-likeness (QED) is 0.941. The van der Waals surface area contributed by atoms with Gasteiger partial charge in [0.1, 0.15) is 4.47 Å². The summed E-state index contributed by atoms with van der Waals surface area (Å²) in [5.41, 5.74) is 2.96. The van der Waals surface area contributed by atoms with E-state index < -0.39 is 0 Å². The van der Waals surface area contributed by atoms with Crippen molar-refractivity contribution in [1.29, 1.82) is 0 Å². The van der Waals surface area contributed by atoms with E-state index in [9.17, 15) is 4.79 Å². The number of nitrogens with zero attached hydrogens (tertiary/aromatic N) is 2. The Hall–Kier alpha value is -1.62. The fraction of sp³-hybridized carbons (Fsp3) is 0.286. The number of hydrogen-bond donors (Lipinski definition) is 1. The van der Waals surface area contributed by atoms with E-state index in [4.69, 9.17) is 0 Å². The highest BCUT2D eigenvalue weighted by molar-refractivity contribution is 9.10. The molecular formula is C14H16BrN3O. The summed E-state index contributed by atoms with van der Waals surface area (Å²) >= 11 is 3.26. The molecule has 100 valence electrons. The van der Waals surface area contributed by atoms with Gasteiger partial charge in [-0.1, -0.05) is 18.2 Å². The standard InChI is InChI=1S/C14H16BrN3O/c1-10-5-3-4-6-12(10)16-7-8-18-9-17-11(2)13(15)14(18)19/h3-6,9,16H,7-8H2,1-2H3. The van der Waals surface area contributed by atoms with Crippen LogP contribution in [0.3, 0.4) is 0 Å². The lowest BCUT2D eigenvalue weighted by molar-refractivity contribution is 0.672. The smallest absolute Gasteiger partial charge is 0.267 e. The van der Waals surface area contributed by atoms with Crippen molar-refractivity contribution in [2.24, 2.45) is 0 Å². The van der Waals surface area contributed by atoms with Crippen LogP contribution in [0, 0.1) is 13.8 Å². The van der Waals surface area contributed by atoms with Gasteiger partial charge in [-0.15, -0.1) is 0 Å². The van der Waals surface area contributed by atoms with E-state index in [2.05, 4.69) is 39.2 Å². The summed E-state index contributed by atoms with van der Waals surface area (Å²) in [6.07, 6.45) is 1.59. The Labute approximate surface area is 120 Å². The number of benzene rings is 1. The van der Waals surface area contributed by atoms with Crippen LogP contribution < -0.4 is 10.9 Å². The molecule has 1 N–H and O–H groups in total. The predicted molar refractivity (Wildman–Crippen MR) is 80.6 cm³/mol. The van der Waals surface area contributed by atoms with E-state index in [0.717, 1.165) is 5.69 Å². The Kier molecular flexibility index (Phi) is 4.37. The van der Waals surface area contributed by atoms with Gasteiger partial charge in [0.15, 0.2) is 0 Å². The number of hydrogen-bond acceptors (Lipinski definition) is 3. The Morgan fingerprint density at radius 3 is 2.79 bits per heavy atom. The van der Waals surface area contributed by atoms with Gasteiger partial charge >= 0.3 is 0 Å². The second kappa shape index (κ2) is 6.02. The van der Waals surface area contributed by atoms with Crippen molar-refractivity contribution in [3.8, 4) is 0 Å². The van der Waals surface area contributed by atoms with Crippen LogP contribution in [0.1, 0.15) is 11.3 Å². The largest absolute Gasteiger partial charge is 0.383 e. The molecule has 19 heavy (non-hydrogen) atoms. The first-order valence-electron chi connectivity index (χ1n) is 6.10. The molecule has 5 heteroatoms. The first kappa shape index (κ1) is 13.8. The van der Waals surface area contributed by atoms with Crippen LogP contribution >= 0.6 is 15.9 Å². The number of halogens is 1. The third-order valence-electron chi connectivity index (χ3n) is 2.97. The molecule has 0 aliphatic heterocycles. The highest BCUT2D eigenvalue weighted by atomic mass is 79.9. The molecule has 0 fully saturated rings. The number of para-hydroxylation sites is 1. The summed E-state index contributed by atoms with van der Waals surface area (Å²) in [6.45, 7) is 5.13. The minimum atomic E-state index is -0.0425. The number of rotatable bonds is 4. The first-order chi connectivity index (χ1) is 9.09. The molecule has 0 unspecified atom stereocenters. The molecule has 0 saturated heterocycles. The van der Waals surface area contributed by atoms with Gasteiger partial charge in [-0.05, 0) is 41.4 Å². The van der Waals surface area contributed by atoms with Crippen molar-refractivity contribution >= 4 is 21.6 Å². The van der Waals surface area contributed by atoms with Crippen molar-refractivity contribution in [2.45, 2.75) is 20.4 Å². The second-order valence-corrected chi connectivity index (χ2v) is 5.18. The Bertz CT molecular complexity index is 637. The molecular weight excluding hydrogens is 306 g/mol. The summed E-state index contributed by atoms with van der Waals surface area (Å²) in [7, 11) is 0. The van der Waals surface area contributed by atoms with Gasteiger partial charge in [-0.25, -0.2) is 4.98 Å². The highest BCUT2D eigenvalue weighted by Gasteiger charge is 2.05. The summed E-state index contributed by atoms with van der Waals surface area (Å²) in [4.78, 5) is 16.1. The maximum Gasteiger partial charge on any atom is 0.267 e. The molecule has 0 atom stereocenters. The van der Waals surface area contributed by atoms with Crippen molar-refractivity contribution in [3.63, 3.8) is 0 Å². The maximum absolute atomic E-state index is 11.9. The molecule has 0 bridgehead atoms. The Balaban J connectivity index is 2.03. The van der Waals surface area contributed by atoms with Gasteiger partial charge in [-0.3, -0.25) is 9.36 Å². The zero-order valence-corrected chi connectivity index (χ0v) is 12.6. The Morgan fingerprint density at radius 2 is 2.05 bits per heavy atom. The average molecular weight is 322 g/mol. The van der Waals surface area contributed by atoms with Crippen LogP contribution in [0.5, 0.6) is 0 Å². The van der Waals surface area contributed by atoms with Crippen LogP contribution in [-0.4, -0.2) is 16.1 Å². The molecule has 2 rings (SSSR count). The normalized spacial score (nSPS) is 10.5. The summed E-state index contributed by atoms with van der Waals surface area (Å²) in [5, 5.41) is 3.32. The van der Waals surface area contributed by atoms with Crippen LogP contribution in [0.4, 0.5) is 5.69 Å². The minimum absolute atomic E-state index is 0.0425. The maximum atomic E-state index is 11.9. The number of aryl methyl sites for hydroxylation is 2. The number of aromatic nitrogens is 2. The predicted octanol–water partition coefficient (Wildman–Crippen LogP) is 2.73. The van der Waals surface area contributed by atoms with Crippen LogP contribution in [-0.2, 0) is 6.54 Å². The van der Waals surface area contributed by atoms with Gasteiger partial charge in [0.05, 0.1) is 12.0 Å². The fourth-order valence-electron chi connectivity index (χ4n) is 1.79. The molecule has 1 heterocycles. The average Bonchev–Trinajstić information content (AvgIpc) is 2.41. The van der Waals surface area contributed by atoms with Gasteiger partial charge in [0.2, 0.25) is 0 Å². The molecule has 2 aromatic rings. The van der Waals surface area contributed by atoms with E-state index >= 15 is 0 Å². The summed E-state index contributed by atoms with van der Waals surface area (Å²) in [5.74, 6) is 0. The lowest BCUT2D eigenvalue weighted by atomic mass is 10.2. The van der Waals surface area contributed by atoms with Gasteiger partial charge in [-0.2, -0.15) is 0 Å². The summed E-state index contributed by atoms with van der Waals surface area (Å²) in [6, 6.07) is 8.08. The van der Waals surface area contributed by atoms with Crippen molar-refractivity contribution in [3.05, 3.63) is 56.7 Å². The lowest BCUT2D eigenvalue weighted by Crippen LogP contribution is -2.25. The monoisotopic (exact) mass is 321 g/mol. The zero-order chi connectivity index (χ0) is 13.8. The lowest BCUT2D eigenvalue weighted by Gasteiger charge is -2.11. The summed E-state index contributed by atoms with van der Waals surface area (Å²) < 4.78 is 2.13. The molecule has 0 saturated carbocycles.